The van der Waals surface area contributed by atoms with E-state index < -0.39 is 0 Å². The number of aliphatic hydroxyl groups is 1. The van der Waals surface area contributed by atoms with Gasteiger partial charge < -0.3 is 5.11 Å². The van der Waals surface area contributed by atoms with Crippen molar-refractivity contribution in [2.45, 2.75) is 18.2 Å². The smallest absolute Gasteiger partial charge is 0.160 e. The standard InChI is InChI=1S/C11H13BrO2S/c1-8(14)10-4-3-9(12)7-11(10)15-6-2-5-13/h3-4,7,13H,2,5-6H2,1H3. The second kappa shape index (κ2) is 6.30. The van der Waals surface area contributed by atoms with E-state index in [-0.39, 0.29) is 12.4 Å². The third-order valence-electron chi connectivity index (χ3n) is 1.88. The summed E-state index contributed by atoms with van der Waals surface area (Å²) in [5.74, 6) is 0.904. The van der Waals surface area contributed by atoms with Gasteiger partial charge in [0.1, 0.15) is 0 Å². The molecule has 0 spiro atoms. The first kappa shape index (κ1) is 12.7. The molecule has 1 rings (SSSR count). The van der Waals surface area contributed by atoms with Crippen LogP contribution in [-0.2, 0) is 0 Å². The lowest BCUT2D eigenvalue weighted by Crippen LogP contribution is -1.96. The average Bonchev–Trinajstić information content (AvgIpc) is 2.18. The van der Waals surface area contributed by atoms with Crippen molar-refractivity contribution in [3.8, 4) is 0 Å². The van der Waals surface area contributed by atoms with Gasteiger partial charge in [-0.2, -0.15) is 0 Å². The van der Waals surface area contributed by atoms with Crippen LogP contribution >= 0.6 is 27.7 Å². The van der Waals surface area contributed by atoms with E-state index in [0.29, 0.717) is 0 Å². The van der Waals surface area contributed by atoms with Gasteiger partial charge in [-0.05, 0) is 31.5 Å². The summed E-state index contributed by atoms with van der Waals surface area (Å²) in [6.45, 7) is 1.76. The minimum absolute atomic E-state index is 0.0778. The van der Waals surface area contributed by atoms with Crippen molar-refractivity contribution in [1.29, 1.82) is 0 Å². The number of halogens is 1. The molecule has 0 aromatic heterocycles. The highest BCUT2D eigenvalue weighted by atomic mass is 79.9. The van der Waals surface area contributed by atoms with Crippen molar-refractivity contribution in [3.63, 3.8) is 0 Å². The summed E-state index contributed by atoms with van der Waals surface area (Å²) in [6.07, 6.45) is 0.745. The highest BCUT2D eigenvalue weighted by Crippen LogP contribution is 2.27. The quantitative estimate of drug-likeness (QED) is 0.514. The van der Waals surface area contributed by atoms with Crippen LogP contribution in [0.5, 0.6) is 0 Å². The van der Waals surface area contributed by atoms with Gasteiger partial charge in [-0.15, -0.1) is 11.8 Å². The molecule has 0 fully saturated rings. The van der Waals surface area contributed by atoms with Gasteiger partial charge in [0.25, 0.3) is 0 Å². The van der Waals surface area contributed by atoms with Crippen LogP contribution in [0.2, 0.25) is 0 Å². The first-order valence-corrected chi connectivity index (χ1v) is 6.47. The largest absolute Gasteiger partial charge is 0.396 e. The minimum atomic E-state index is 0.0778. The van der Waals surface area contributed by atoms with E-state index in [0.717, 1.165) is 27.1 Å². The van der Waals surface area contributed by atoms with Gasteiger partial charge in [0.05, 0.1) is 0 Å². The zero-order valence-electron chi connectivity index (χ0n) is 8.50. The predicted molar refractivity (Wildman–Crippen MR) is 66.6 cm³/mol. The maximum absolute atomic E-state index is 11.3. The topological polar surface area (TPSA) is 37.3 Å². The summed E-state index contributed by atoms with van der Waals surface area (Å²) in [6, 6.07) is 5.64. The molecule has 0 saturated carbocycles. The molecule has 0 atom stereocenters. The van der Waals surface area contributed by atoms with E-state index in [9.17, 15) is 4.79 Å². The monoisotopic (exact) mass is 288 g/mol. The molecule has 0 amide bonds. The maximum atomic E-state index is 11.3. The molecule has 0 bridgehead atoms. The van der Waals surface area contributed by atoms with Crippen LogP contribution in [0.25, 0.3) is 0 Å². The van der Waals surface area contributed by atoms with E-state index in [1.165, 1.54) is 0 Å². The Morgan fingerprint density at radius 2 is 2.27 bits per heavy atom. The van der Waals surface area contributed by atoms with E-state index in [1.54, 1.807) is 18.7 Å². The Balaban J connectivity index is 2.82. The van der Waals surface area contributed by atoms with E-state index in [1.807, 2.05) is 18.2 Å². The predicted octanol–water partition coefficient (Wildman–Crippen LogP) is 3.13. The molecule has 0 radical (unpaired) electrons. The molecule has 2 nitrogen and oxygen atoms in total. The Morgan fingerprint density at radius 3 is 2.87 bits per heavy atom. The normalized spacial score (nSPS) is 10.3. The molecule has 0 unspecified atom stereocenters. The summed E-state index contributed by atoms with van der Waals surface area (Å²) >= 11 is 4.98. The molecule has 1 N–H and O–H groups in total. The molecule has 82 valence electrons. The second-order valence-electron chi connectivity index (χ2n) is 3.12. The highest BCUT2D eigenvalue weighted by molar-refractivity contribution is 9.10. The summed E-state index contributed by atoms with van der Waals surface area (Å²) in [4.78, 5) is 12.3. The van der Waals surface area contributed by atoms with Crippen molar-refractivity contribution in [1.82, 2.24) is 0 Å². The summed E-state index contributed by atoms with van der Waals surface area (Å²) in [5, 5.41) is 8.69. The molecule has 0 saturated heterocycles. The number of hydrogen-bond acceptors (Lipinski definition) is 3. The number of aliphatic hydroxyl groups excluding tert-OH is 1. The number of benzene rings is 1. The molecule has 0 heterocycles. The molecule has 1 aromatic rings. The Kier molecular flexibility index (Phi) is 5.36. The van der Waals surface area contributed by atoms with Crippen molar-refractivity contribution in [3.05, 3.63) is 28.2 Å². The number of carbonyl (C=O) groups excluding carboxylic acids is 1. The number of thioether (sulfide) groups is 1. The summed E-state index contributed by atoms with van der Waals surface area (Å²) in [5.41, 5.74) is 0.751. The van der Waals surface area contributed by atoms with Crippen LogP contribution in [0.15, 0.2) is 27.6 Å². The lowest BCUT2D eigenvalue weighted by atomic mass is 10.1. The first-order chi connectivity index (χ1) is 7.15. The lowest BCUT2D eigenvalue weighted by Gasteiger charge is -2.06. The van der Waals surface area contributed by atoms with Crippen molar-refractivity contribution in [2.75, 3.05) is 12.4 Å². The van der Waals surface area contributed by atoms with Gasteiger partial charge in [-0.3, -0.25) is 4.79 Å². The van der Waals surface area contributed by atoms with E-state index in [4.69, 9.17) is 5.11 Å². The lowest BCUT2D eigenvalue weighted by molar-refractivity contribution is 0.101. The fraction of sp³-hybridized carbons (Fsp3) is 0.364. The molecular formula is C11H13BrO2S. The number of rotatable bonds is 5. The Labute approximate surface area is 102 Å². The van der Waals surface area contributed by atoms with Crippen LogP contribution in [0.3, 0.4) is 0 Å². The number of carbonyl (C=O) groups is 1. The molecule has 0 aliphatic rings. The molecule has 0 aliphatic heterocycles. The van der Waals surface area contributed by atoms with Gasteiger partial charge in [-0.1, -0.05) is 15.9 Å². The molecule has 4 heteroatoms. The van der Waals surface area contributed by atoms with Crippen molar-refractivity contribution < 1.29 is 9.90 Å². The van der Waals surface area contributed by atoms with Gasteiger partial charge in [0.15, 0.2) is 5.78 Å². The zero-order chi connectivity index (χ0) is 11.3. The number of Topliss-reactive ketones (excluding diaryl/α,β-unsaturated/α-hetero) is 1. The number of hydrogen-bond donors (Lipinski definition) is 1. The zero-order valence-corrected chi connectivity index (χ0v) is 10.9. The van der Waals surface area contributed by atoms with E-state index >= 15 is 0 Å². The van der Waals surface area contributed by atoms with Gasteiger partial charge >= 0.3 is 0 Å². The van der Waals surface area contributed by atoms with Gasteiger partial charge in [0.2, 0.25) is 0 Å². The number of ketones is 1. The summed E-state index contributed by atoms with van der Waals surface area (Å²) < 4.78 is 0.971. The van der Waals surface area contributed by atoms with Crippen molar-refractivity contribution >= 4 is 33.5 Å². The molecule has 1 aromatic carbocycles. The molecular weight excluding hydrogens is 276 g/mol. The Bertz CT molecular complexity index is 352. The Morgan fingerprint density at radius 1 is 1.53 bits per heavy atom. The van der Waals surface area contributed by atoms with Crippen LogP contribution in [0, 0.1) is 0 Å². The fourth-order valence-corrected chi connectivity index (χ4v) is 2.74. The maximum Gasteiger partial charge on any atom is 0.160 e. The van der Waals surface area contributed by atoms with Crippen LogP contribution in [0.1, 0.15) is 23.7 Å². The van der Waals surface area contributed by atoms with Crippen molar-refractivity contribution in [2.24, 2.45) is 0 Å². The highest BCUT2D eigenvalue weighted by Gasteiger charge is 2.07. The second-order valence-corrected chi connectivity index (χ2v) is 5.17. The van der Waals surface area contributed by atoms with E-state index in [2.05, 4.69) is 15.9 Å². The molecule has 0 aliphatic carbocycles. The van der Waals surface area contributed by atoms with Crippen LogP contribution < -0.4 is 0 Å². The van der Waals surface area contributed by atoms with Crippen LogP contribution in [-0.4, -0.2) is 23.2 Å². The summed E-state index contributed by atoms with van der Waals surface area (Å²) in [7, 11) is 0. The average molecular weight is 289 g/mol. The third-order valence-corrected chi connectivity index (χ3v) is 3.52. The van der Waals surface area contributed by atoms with Gasteiger partial charge in [-0.25, -0.2) is 0 Å². The fourth-order valence-electron chi connectivity index (χ4n) is 1.15. The van der Waals surface area contributed by atoms with Gasteiger partial charge in [0, 0.05) is 27.3 Å². The van der Waals surface area contributed by atoms with Crippen LogP contribution in [0.4, 0.5) is 0 Å². The SMILES string of the molecule is CC(=O)c1ccc(Br)cc1SCCCO. The molecule has 15 heavy (non-hydrogen) atoms. The Hall–Kier alpha value is -0.320. The minimum Gasteiger partial charge on any atom is -0.396 e. The first-order valence-electron chi connectivity index (χ1n) is 4.69. The third kappa shape index (κ3) is 3.97.